The second-order valence-corrected chi connectivity index (χ2v) is 2.61. The maximum Gasteiger partial charge on any atom is 0.409 e. The van der Waals surface area contributed by atoms with Crippen molar-refractivity contribution in [3.8, 4) is 0 Å². The average molecular weight is 200 g/mol. The van der Waals surface area contributed by atoms with Crippen LogP contribution in [-0.2, 0) is 0 Å². The Morgan fingerprint density at radius 3 is 2.21 bits per heavy atom. The zero-order valence-electron chi connectivity index (χ0n) is 7.08. The van der Waals surface area contributed by atoms with Crippen LogP contribution >= 0.6 is 0 Å². The summed E-state index contributed by atoms with van der Waals surface area (Å²) in [5.41, 5.74) is 0.244. The number of ketones is 1. The molecule has 0 aliphatic heterocycles. The van der Waals surface area contributed by atoms with Crippen LogP contribution in [0.3, 0.4) is 0 Å². The second-order valence-electron chi connectivity index (χ2n) is 2.61. The molecule has 0 unspecified atom stereocenters. The highest BCUT2D eigenvalue weighted by molar-refractivity contribution is 6.04. The minimum absolute atomic E-state index is 0.0671. The Balaban J connectivity index is 2.74. The third-order valence-corrected chi connectivity index (χ3v) is 1.48. The first-order chi connectivity index (χ1) is 6.49. The summed E-state index contributed by atoms with van der Waals surface area (Å²) >= 11 is 0. The second kappa shape index (κ2) is 4.09. The van der Waals surface area contributed by atoms with Gasteiger partial charge in [-0.05, 0) is 6.08 Å². The number of allylic oxidation sites excluding steroid dienone is 2. The van der Waals surface area contributed by atoms with Crippen molar-refractivity contribution in [2.75, 3.05) is 0 Å². The van der Waals surface area contributed by atoms with Crippen LogP contribution in [-0.4, -0.2) is 12.0 Å². The number of hydrogen-bond donors (Lipinski definition) is 0. The number of benzene rings is 1. The minimum atomic E-state index is -4.44. The van der Waals surface area contributed by atoms with E-state index in [2.05, 4.69) is 0 Å². The lowest BCUT2D eigenvalue weighted by Crippen LogP contribution is -2.03. The molecule has 1 aromatic rings. The van der Waals surface area contributed by atoms with E-state index in [1.807, 2.05) is 0 Å². The molecule has 14 heavy (non-hydrogen) atoms. The molecule has 0 aliphatic carbocycles. The van der Waals surface area contributed by atoms with Crippen LogP contribution in [0, 0.1) is 0 Å². The molecule has 0 spiro atoms. The Morgan fingerprint density at radius 2 is 1.71 bits per heavy atom. The Kier molecular flexibility index (Phi) is 3.06. The molecule has 0 saturated carbocycles. The van der Waals surface area contributed by atoms with E-state index in [0.717, 1.165) is 0 Å². The van der Waals surface area contributed by atoms with Gasteiger partial charge >= 0.3 is 6.18 Å². The predicted octanol–water partition coefficient (Wildman–Crippen LogP) is 2.99. The van der Waals surface area contributed by atoms with Gasteiger partial charge in [0.15, 0.2) is 5.78 Å². The summed E-state index contributed by atoms with van der Waals surface area (Å²) < 4.78 is 35.1. The topological polar surface area (TPSA) is 17.1 Å². The van der Waals surface area contributed by atoms with E-state index >= 15 is 0 Å². The van der Waals surface area contributed by atoms with Gasteiger partial charge in [-0.3, -0.25) is 4.79 Å². The molecule has 0 fully saturated rings. The van der Waals surface area contributed by atoms with Crippen molar-refractivity contribution in [2.45, 2.75) is 6.18 Å². The largest absolute Gasteiger partial charge is 0.409 e. The Hall–Kier alpha value is -1.58. The van der Waals surface area contributed by atoms with Crippen LogP contribution < -0.4 is 0 Å². The molecule has 1 rings (SSSR count). The molecule has 1 nitrogen and oxygen atoms in total. The SMILES string of the molecule is O=C(/C=C/C(F)(F)F)c1ccccc1. The maximum atomic E-state index is 11.7. The number of alkyl halides is 3. The zero-order valence-corrected chi connectivity index (χ0v) is 7.08. The molecule has 4 heteroatoms. The van der Waals surface area contributed by atoms with Crippen molar-refractivity contribution < 1.29 is 18.0 Å². The lowest BCUT2D eigenvalue weighted by Gasteiger charge is -1.97. The Labute approximate surface area is 78.9 Å². The summed E-state index contributed by atoms with van der Waals surface area (Å²) in [5.74, 6) is -0.650. The molecule has 0 atom stereocenters. The van der Waals surface area contributed by atoms with Crippen molar-refractivity contribution >= 4 is 5.78 Å². The van der Waals surface area contributed by atoms with Gasteiger partial charge in [-0.25, -0.2) is 0 Å². The van der Waals surface area contributed by atoms with Gasteiger partial charge in [-0.1, -0.05) is 30.3 Å². The maximum absolute atomic E-state index is 11.7. The molecule has 0 heterocycles. The van der Waals surface area contributed by atoms with Crippen LogP contribution in [0.1, 0.15) is 10.4 Å². The standard InChI is InChI=1S/C10H7F3O/c11-10(12,13)7-6-9(14)8-4-2-1-3-5-8/h1-7H/b7-6+. The van der Waals surface area contributed by atoms with Crippen LogP contribution in [0.5, 0.6) is 0 Å². The van der Waals surface area contributed by atoms with Gasteiger partial charge in [0.1, 0.15) is 0 Å². The monoisotopic (exact) mass is 200 g/mol. The van der Waals surface area contributed by atoms with Gasteiger partial charge < -0.3 is 0 Å². The zero-order chi connectivity index (χ0) is 10.6. The molecule has 0 radical (unpaired) electrons. The average Bonchev–Trinajstić information content (AvgIpc) is 2.14. The van der Waals surface area contributed by atoms with Crippen molar-refractivity contribution in [1.29, 1.82) is 0 Å². The summed E-state index contributed by atoms with van der Waals surface area (Å²) in [6.45, 7) is 0. The van der Waals surface area contributed by atoms with E-state index in [4.69, 9.17) is 0 Å². The van der Waals surface area contributed by atoms with E-state index in [9.17, 15) is 18.0 Å². The van der Waals surface area contributed by atoms with Gasteiger partial charge in [-0.15, -0.1) is 0 Å². The van der Waals surface area contributed by atoms with E-state index < -0.39 is 12.0 Å². The predicted molar refractivity (Wildman–Crippen MR) is 46.0 cm³/mol. The molecular formula is C10H7F3O. The van der Waals surface area contributed by atoms with Gasteiger partial charge in [0.2, 0.25) is 0 Å². The molecule has 0 aliphatic rings. The van der Waals surface area contributed by atoms with Crippen LogP contribution in [0.15, 0.2) is 42.5 Å². The molecule has 0 aromatic heterocycles. The Bertz CT molecular complexity index is 338. The number of carbonyl (C=O) groups excluding carboxylic acids is 1. The molecular weight excluding hydrogens is 193 g/mol. The minimum Gasteiger partial charge on any atom is -0.289 e. The molecule has 0 saturated heterocycles. The molecule has 1 aromatic carbocycles. The van der Waals surface area contributed by atoms with E-state index in [1.54, 1.807) is 18.2 Å². The Morgan fingerprint density at radius 1 is 1.14 bits per heavy atom. The van der Waals surface area contributed by atoms with E-state index in [0.29, 0.717) is 6.08 Å². The van der Waals surface area contributed by atoms with E-state index in [-0.39, 0.29) is 11.6 Å². The first kappa shape index (κ1) is 10.5. The van der Waals surface area contributed by atoms with Gasteiger partial charge in [0.25, 0.3) is 0 Å². The fourth-order valence-electron chi connectivity index (χ4n) is 0.869. The molecule has 0 bridgehead atoms. The van der Waals surface area contributed by atoms with Crippen molar-refractivity contribution in [2.24, 2.45) is 0 Å². The summed E-state index contributed by atoms with van der Waals surface area (Å²) in [6.07, 6.45) is -3.98. The summed E-state index contributed by atoms with van der Waals surface area (Å²) in [6, 6.07) is 7.79. The third-order valence-electron chi connectivity index (χ3n) is 1.48. The normalized spacial score (nSPS) is 11.9. The van der Waals surface area contributed by atoms with E-state index in [1.165, 1.54) is 12.1 Å². The summed E-state index contributed by atoms with van der Waals surface area (Å²) in [5, 5.41) is 0. The van der Waals surface area contributed by atoms with Crippen LogP contribution in [0.25, 0.3) is 0 Å². The fraction of sp³-hybridized carbons (Fsp3) is 0.100. The van der Waals surface area contributed by atoms with Crippen LogP contribution in [0.2, 0.25) is 0 Å². The highest BCUT2D eigenvalue weighted by atomic mass is 19.4. The fourth-order valence-corrected chi connectivity index (χ4v) is 0.869. The molecule has 0 amide bonds. The smallest absolute Gasteiger partial charge is 0.289 e. The number of hydrogen-bond acceptors (Lipinski definition) is 1. The van der Waals surface area contributed by atoms with Crippen molar-refractivity contribution in [3.63, 3.8) is 0 Å². The third kappa shape index (κ3) is 3.43. The number of carbonyl (C=O) groups is 1. The van der Waals surface area contributed by atoms with Gasteiger partial charge in [-0.2, -0.15) is 13.2 Å². The number of rotatable bonds is 2. The highest BCUT2D eigenvalue weighted by Crippen LogP contribution is 2.16. The lowest BCUT2D eigenvalue weighted by molar-refractivity contribution is -0.0799. The first-order valence-corrected chi connectivity index (χ1v) is 3.84. The van der Waals surface area contributed by atoms with Crippen LogP contribution in [0.4, 0.5) is 13.2 Å². The lowest BCUT2D eigenvalue weighted by atomic mass is 10.1. The highest BCUT2D eigenvalue weighted by Gasteiger charge is 2.22. The number of halogens is 3. The van der Waals surface area contributed by atoms with Crippen molar-refractivity contribution in [3.05, 3.63) is 48.0 Å². The quantitative estimate of drug-likeness (QED) is 0.529. The molecule has 74 valence electrons. The molecule has 0 N–H and O–H groups in total. The summed E-state index contributed by atoms with van der Waals surface area (Å²) in [7, 11) is 0. The first-order valence-electron chi connectivity index (χ1n) is 3.84. The van der Waals surface area contributed by atoms with Crippen molar-refractivity contribution in [1.82, 2.24) is 0 Å². The van der Waals surface area contributed by atoms with Gasteiger partial charge in [0.05, 0.1) is 0 Å². The summed E-state index contributed by atoms with van der Waals surface area (Å²) in [4.78, 5) is 11.1. The van der Waals surface area contributed by atoms with Gasteiger partial charge in [0, 0.05) is 11.6 Å².